The molecule has 0 spiro atoms. The largest absolute Gasteiger partial charge is 0.478 e. The number of pyridine rings is 1. The highest BCUT2D eigenvalue weighted by Gasteiger charge is 2.46. The highest BCUT2D eigenvalue weighted by Crippen LogP contribution is 2.31. The number of likely N-dealkylation sites (tertiary alicyclic amines) is 1. The second-order valence-electron chi connectivity index (χ2n) is 6.32. The molecule has 0 saturated carbocycles. The van der Waals surface area contributed by atoms with E-state index >= 15 is 0 Å². The highest BCUT2D eigenvalue weighted by molar-refractivity contribution is 5.82. The Balaban J connectivity index is 1.69. The third kappa shape index (κ3) is 3.21. The molecule has 2 saturated heterocycles. The predicted molar refractivity (Wildman–Crippen MR) is 84.8 cm³/mol. The summed E-state index contributed by atoms with van der Waals surface area (Å²) in [6.07, 6.45) is 3.39. The number of carboxylic acid groups (broad SMARTS) is 1. The number of aromatic nitrogens is 1. The SMILES string of the molecule is Cc1ncccc1OC1(C(=O)O)CCN(C(=O)[C@H]2CCCO2)CC1. The smallest absolute Gasteiger partial charge is 0.348 e. The number of aryl methyl sites for hydroxylation is 1. The van der Waals surface area contributed by atoms with E-state index in [1.807, 2.05) is 0 Å². The molecule has 130 valence electrons. The Kier molecular flexibility index (Phi) is 4.71. The second kappa shape index (κ2) is 6.76. The van der Waals surface area contributed by atoms with E-state index in [1.165, 1.54) is 0 Å². The van der Waals surface area contributed by atoms with Crippen LogP contribution in [-0.2, 0) is 14.3 Å². The van der Waals surface area contributed by atoms with Gasteiger partial charge in [0.15, 0.2) is 0 Å². The van der Waals surface area contributed by atoms with Crippen molar-refractivity contribution in [1.82, 2.24) is 9.88 Å². The summed E-state index contributed by atoms with van der Waals surface area (Å²) in [7, 11) is 0. The summed E-state index contributed by atoms with van der Waals surface area (Å²) in [6, 6.07) is 3.44. The van der Waals surface area contributed by atoms with Crippen molar-refractivity contribution in [2.24, 2.45) is 0 Å². The van der Waals surface area contributed by atoms with Crippen molar-refractivity contribution in [1.29, 1.82) is 0 Å². The number of carboxylic acids is 1. The number of amides is 1. The summed E-state index contributed by atoms with van der Waals surface area (Å²) >= 11 is 0. The Labute approximate surface area is 140 Å². The van der Waals surface area contributed by atoms with Gasteiger partial charge < -0.3 is 19.5 Å². The van der Waals surface area contributed by atoms with Crippen molar-refractivity contribution in [3.63, 3.8) is 0 Å². The fourth-order valence-electron chi connectivity index (χ4n) is 3.21. The van der Waals surface area contributed by atoms with Crippen LogP contribution in [0, 0.1) is 6.92 Å². The van der Waals surface area contributed by atoms with E-state index < -0.39 is 11.6 Å². The first kappa shape index (κ1) is 16.7. The van der Waals surface area contributed by atoms with Gasteiger partial charge in [-0.1, -0.05) is 0 Å². The molecular formula is C17H22N2O5. The monoisotopic (exact) mass is 334 g/mol. The van der Waals surface area contributed by atoms with Gasteiger partial charge in [-0.15, -0.1) is 0 Å². The molecule has 0 bridgehead atoms. The van der Waals surface area contributed by atoms with E-state index in [0.717, 1.165) is 12.8 Å². The molecule has 24 heavy (non-hydrogen) atoms. The van der Waals surface area contributed by atoms with Crippen LogP contribution in [0.4, 0.5) is 0 Å². The number of carbonyl (C=O) groups is 2. The van der Waals surface area contributed by atoms with Crippen LogP contribution in [0.2, 0.25) is 0 Å². The lowest BCUT2D eigenvalue weighted by atomic mass is 9.90. The third-order valence-corrected chi connectivity index (χ3v) is 4.74. The minimum absolute atomic E-state index is 0.0379. The number of ether oxygens (including phenoxy) is 2. The summed E-state index contributed by atoms with van der Waals surface area (Å²) < 4.78 is 11.3. The Morgan fingerprint density at radius 3 is 2.75 bits per heavy atom. The zero-order chi connectivity index (χ0) is 17.2. The van der Waals surface area contributed by atoms with Crippen LogP contribution in [0.5, 0.6) is 5.75 Å². The molecule has 0 aromatic carbocycles. The van der Waals surface area contributed by atoms with Gasteiger partial charge in [0, 0.05) is 38.7 Å². The van der Waals surface area contributed by atoms with Crippen LogP contribution in [0.1, 0.15) is 31.4 Å². The van der Waals surface area contributed by atoms with Gasteiger partial charge in [-0.2, -0.15) is 0 Å². The molecule has 0 aliphatic carbocycles. The maximum absolute atomic E-state index is 12.4. The fourth-order valence-corrected chi connectivity index (χ4v) is 3.21. The molecule has 1 N–H and O–H groups in total. The van der Waals surface area contributed by atoms with E-state index in [-0.39, 0.29) is 24.9 Å². The maximum Gasteiger partial charge on any atom is 0.348 e. The van der Waals surface area contributed by atoms with Gasteiger partial charge in [0.25, 0.3) is 5.91 Å². The van der Waals surface area contributed by atoms with Crippen LogP contribution < -0.4 is 4.74 Å². The first-order valence-electron chi connectivity index (χ1n) is 8.26. The number of piperidine rings is 1. The normalized spacial score (nSPS) is 23.0. The molecule has 7 heteroatoms. The molecule has 0 unspecified atom stereocenters. The minimum atomic E-state index is -1.32. The Hall–Kier alpha value is -2.15. The lowest BCUT2D eigenvalue weighted by Gasteiger charge is -2.39. The van der Waals surface area contributed by atoms with Crippen LogP contribution in [0.3, 0.4) is 0 Å². The number of hydrogen-bond acceptors (Lipinski definition) is 5. The van der Waals surface area contributed by atoms with E-state index in [0.29, 0.717) is 31.1 Å². The molecule has 3 rings (SSSR count). The van der Waals surface area contributed by atoms with E-state index in [4.69, 9.17) is 9.47 Å². The molecule has 2 aliphatic heterocycles. The summed E-state index contributed by atoms with van der Waals surface area (Å²) in [5, 5.41) is 9.70. The van der Waals surface area contributed by atoms with Crippen LogP contribution in [-0.4, -0.2) is 58.3 Å². The number of hydrogen-bond donors (Lipinski definition) is 1. The van der Waals surface area contributed by atoms with Gasteiger partial charge >= 0.3 is 5.97 Å². The molecule has 0 radical (unpaired) electrons. The zero-order valence-electron chi connectivity index (χ0n) is 13.7. The average molecular weight is 334 g/mol. The topological polar surface area (TPSA) is 89.0 Å². The third-order valence-electron chi connectivity index (χ3n) is 4.74. The quantitative estimate of drug-likeness (QED) is 0.895. The van der Waals surface area contributed by atoms with Crippen molar-refractivity contribution in [3.05, 3.63) is 24.0 Å². The van der Waals surface area contributed by atoms with E-state index in [2.05, 4.69) is 4.98 Å². The van der Waals surface area contributed by atoms with Crippen molar-refractivity contribution in [2.75, 3.05) is 19.7 Å². The summed E-state index contributed by atoms with van der Waals surface area (Å²) in [5.74, 6) is -0.571. The van der Waals surface area contributed by atoms with Crippen molar-refractivity contribution in [2.45, 2.75) is 44.3 Å². The molecule has 1 aromatic rings. The molecule has 1 aromatic heterocycles. The van der Waals surface area contributed by atoms with E-state index in [9.17, 15) is 14.7 Å². The molecule has 1 amide bonds. The van der Waals surface area contributed by atoms with Gasteiger partial charge in [0.1, 0.15) is 11.9 Å². The zero-order valence-corrected chi connectivity index (χ0v) is 13.7. The van der Waals surface area contributed by atoms with Crippen molar-refractivity contribution in [3.8, 4) is 5.75 Å². The molecular weight excluding hydrogens is 312 g/mol. The Morgan fingerprint density at radius 1 is 1.42 bits per heavy atom. The molecule has 7 nitrogen and oxygen atoms in total. The summed E-state index contributed by atoms with van der Waals surface area (Å²) in [4.78, 5) is 30.1. The number of rotatable bonds is 4. The number of aliphatic carboxylic acids is 1. The molecule has 2 fully saturated rings. The van der Waals surface area contributed by atoms with Gasteiger partial charge in [-0.25, -0.2) is 4.79 Å². The first-order chi connectivity index (χ1) is 11.5. The fraction of sp³-hybridized carbons (Fsp3) is 0.588. The van der Waals surface area contributed by atoms with Gasteiger partial charge in [-0.3, -0.25) is 9.78 Å². The molecule has 3 heterocycles. The maximum atomic E-state index is 12.4. The highest BCUT2D eigenvalue weighted by atomic mass is 16.5. The number of nitrogens with zero attached hydrogens (tertiary/aromatic N) is 2. The van der Waals surface area contributed by atoms with Crippen LogP contribution in [0.25, 0.3) is 0 Å². The van der Waals surface area contributed by atoms with Gasteiger partial charge in [0.05, 0.1) is 5.69 Å². The predicted octanol–water partition coefficient (Wildman–Crippen LogP) is 1.39. The second-order valence-corrected chi connectivity index (χ2v) is 6.32. The Bertz CT molecular complexity index is 619. The summed E-state index contributed by atoms with van der Waals surface area (Å²) in [6.45, 7) is 3.10. The average Bonchev–Trinajstić information content (AvgIpc) is 3.11. The standard InChI is InChI=1S/C17H22N2O5/c1-12-13(4-2-8-18-12)24-17(16(21)22)6-9-19(10-7-17)15(20)14-5-3-11-23-14/h2,4,8,14H,3,5-7,9-11H2,1H3,(H,21,22)/t14-/m1/s1. The molecule has 2 aliphatic rings. The van der Waals surface area contributed by atoms with Crippen molar-refractivity contribution >= 4 is 11.9 Å². The molecule has 1 atom stereocenters. The van der Waals surface area contributed by atoms with Gasteiger partial charge in [-0.05, 0) is 31.9 Å². The van der Waals surface area contributed by atoms with Crippen LogP contribution in [0.15, 0.2) is 18.3 Å². The Morgan fingerprint density at radius 2 is 2.17 bits per heavy atom. The van der Waals surface area contributed by atoms with Gasteiger partial charge in [0.2, 0.25) is 5.60 Å². The lowest BCUT2D eigenvalue weighted by Crippen LogP contribution is -2.55. The number of carbonyl (C=O) groups excluding carboxylic acids is 1. The first-order valence-corrected chi connectivity index (χ1v) is 8.26. The van der Waals surface area contributed by atoms with Crippen molar-refractivity contribution < 1.29 is 24.2 Å². The van der Waals surface area contributed by atoms with E-state index in [1.54, 1.807) is 30.2 Å². The lowest BCUT2D eigenvalue weighted by molar-refractivity contribution is -0.163. The minimum Gasteiger partial charge on any atom is -0.478 e. The summed E-state index contributed by atoms with van der Waals surface area (Å²) in [5.41, 5.74) is -0.669. The van der Waals surface area contributed by atoms with Crippen LogP contribution >= 0.6 is 0 Å².